The lowest BCUT2D eigenvalue weighted by Gasteiger charge is -2.35. The van der Waals surface area contributed by atoms with E-state index in [0.29, 0.717) is 11.3 Å². The maximum atomic E-state index is 12.7. The summed E-state index contributed by atoms with van der Waals surface area (Å²) in [5, 5.41) is 0. The van der Waals surface area contributed by atoms with Crippen LogP contribution in [0.5, 0.6) is 11.5 Å². The van der Waals surface area contributed by atoms with Gasteiger partial charge < -0.3 is 14.4 Å². The van der Waals surface area contributed by atoms with Crippen LogP contribution in [0, 0.1) is 0 Å². The van der Waals surface area contributed by atoms with E-state index in [1.807, 2.05) is 41.3 Å². The zero-order valence-electron chi connectivity index (χ0n) is 14.8. The monoisotopic (exact) mass is 340 g/mol. The predicted octanol–water partition coefficient (Wildman–Crippen LogP) is 2.66. The Hall–Kier alpha value is -2.53. The summed E-state index contributed by atoms with van der Waals surface area (Å²) in [5.74, 6) is 1.69. The number of piperazine rings is 1. The van der Waals surface area contributed by atoms with Gasteiger partial charge in [0.15, 0.2) is 0 Å². The third-order valence-corrected chi connectivity index (χ3v) is 4.56. The van der Waals surface area contributed by atoms with Gasteiger partial charge in [0.05, 0.1) is 14.2 Å². The summed E-state index contributed by atoms with van der Waals surface area (Å²) < 4.78 is 10.6. The van der Waals surface area contributed by atoms with Gasteiger partial charge in [0, 0.05) is 43.9 Å². The number of amides is 1. The molecular formula is C20H24N2O3. The third-order valence-electron chi connectivity index (χ3n) is 4.56. The van der Waals surface area contributed by atoms with Crippen LogP contribution in [-0.2, 0) is 6.54 Å². The van der Waals surface area contributed by atoms with E-state index in [-0.39, 0.29) is 5.91 Å². The molecule has 0 aliphatic carbocycles. The van der Waals surface area contributed by atoms with Crippen LogP contribution >= 0.6 is 0 Å². The molecule has 0 bridgehead atoms. The summed E-state index contributed by atoms with van der Waals surface area (Å²) in [6.07, 6.45) is 0. The molecule has 0 spiro atoms. The lowest BCUT2D eigenvalue weighted by atomic mass is 10.1. The van der Waals surface area contributed by atoms with Crippen molar-refractivity contribution in [3.63, 3.8) is 0 Å². The Bertz CT molecular complexity index is 724. The van der Waals surface area contributed by atoms with E-state index < -0.39 is 0 Å². The van der Waals surface area contributed by atoms with Gasteiger partial charge in [-0.15, -0.1) is 0 Å². The number of hydrogen-bond donors (Lipinski definition) is 0. The Morgan fingerprint density at radius 2 is 1.72 bits per heavy atom. The molecule has 0 N–H and O–H groups in total. The van der Waals surface area contributed by atoms with Crippen LogP contribution in [0.25, 0.3) is 0 Å². The Kier molecular flexibility index (Phi) is 5.56. The first-order chi connectivity index (χ1) is 12.2. The van der Waals surface area contributed by atoms with Gasteiger partial charge in [-0.3, -0.25) is 9.69 Å². The average Bonchev–Trinajstić information content (AvgIpc) is 2.68. The standard InChI is InChI=1S/C20H24N2O3/c1-24-18-8-5-7-16(14-18)20(23)22-12-10-21(11-13-22)15-17-6-3-4-9-19(17)25-2/h3-9,14H,10-13,15H2,1-2H3. The zero-order chi connectivity index (χ0) is 17.6. The smallest absolute Gasteiger partial charge is 0.254 e. The summed E-state index contributed by atoms with van der Waals surface area (Å²) in [6.45, 7) is 4.00. The minimum absolute atomic E-state index is 0.0656. The number of benzene rings is 2. The molecule has 0 radical (unpaired) electrons. The molecule has 1 aliphatic heterocycles. The molecular weight excluding hydrogens is 316 g/mol. The highest BCUT2D eigenvalue weighted by atomic mass is 16.5. The molecule has 5 nitrogen and oxygen atoms in total. The maximum absolute atomic E-state index is 12.7. The molecule has 1 heterocycles. The molecule has 25 heavy (non-hydrogen) atoms. The summed E-state index contributed by atoms with van der Waals surface area (Å²) in [6, 6.07) is 15.4. The maximum Gasteiger partial charge on any atom is 0.254 e. The molecule has 3 rings (SSSR count). The minimum Gasteiger partial charge on any atom is -0.497 e. The van der Waals surface area contributed by atoms with Crippen molar-refractivity contribution in [1.82, 2.24) is 9.80 Å². The van der Waals surface area contributed by atoms with Crippen LogP contribution < -0.4 is 9.47 Å². The van der Waals surface area contributed by atoms with Gasteiger partial charge in [-0.1, -0.05) is 24.3 Å². The topological polar surface area (TPSA) is 42.0 Å². The summed E-state index contributed by atoms with van der Waals surface area (Å²) in [4.78, 5) is 16.9. The van der Waals surface area contributed by atoms with Gasteiger partial charge in [-0.2, -0.15) is 0 Å². The van der Waals surface area contributed by atoms with E-state index >= 15 is 0 Å². The molecule has 2 aromatic carbocycles. The van der Waals surface area contributed by atoms with Crippen molar-refractivity contribution in [2.45, 2.75) is 6.54 Å². The van der Waals surface area contributed by atoms with Crippen LogP contribution in [0.15, 0.2) is 48.5 Å². The fraction of sp³-hybridized carbons (Fsp3) is 0.350. The number of para-hydroxylation sites is 1. The average molecular weight is 340 g/mol. The highest BCUT2D eigenvalue weighted by Crippen LogP contribution is 2.20. The Labute approximate surface area is 148 Å². The van der Waals surface area contributed by atoms with Crippen LogP contribution in [0.2, 0.25) is 0 Å². The molecule has 0 saturated carbocycles. The van der Waals surface area contributed by atoms with Crippen molar-refractivity contribution < 1.29 is 14.3 Å². The molecule has 0 aromatic heterocycles. The van der Waals surface area contributed by atoms with Gasteiger partial charge in [0.2, 0.25) is 0 Å². The van der Waals surface area contributed by atoms with Crippen molar-refractivity contribution in [2.75, 3.05) is 40.4 Å². The van der Waals surface area contributed by atoms with Gasteiger partial charge >= 0.3 is 0 Å². The highest BCUT2D eigenvalue weighted by Gasteiger charge is 2.23. The fourth-order valence-corrected chi connectivity index (χ4v) is 3.12. The van der Waals surface area contributed by atoms with Crippen molar-refractivity contribution >= 4 is 5.91 Å². The van der Waals surface area contributed by atoms with Gasteiger partial charge in [0.1, 0.15) is 11.5 Å². The highest BCUT2D eigenvalue weighted by molar-refractivity contribution is 5.94. The number of carbonyl (C=O) groups excluding carboxylic acids is 1. The van der Waals surface area contributed by atoms with Crippen molar-refractivity contribution in [1.29, 1.82) is 0 Å². The van der Waals surface area contributed by atoms with Crippen LogP contribution in [0.3, 0.4) is 0 Å². The number of hydrogen-bond acceptors (Lipinski definition) is 4. The van der Waals surface area contributed by atoms with Gasteiger partial charge in [-0.05, 0) is 24.3 Å². The zero-order valence-corrected chi connectivity index (χ0v) is 14.8. The van der Waals surface area contributed by atoms with E-state index in [1.165, 1.54) is 5.56 Å². The van der Waals surface area contributed by atoms with Crippen LogP contribution in [-0.4, -0.2) is 56.1 Å². The summed E-state index contributed by atoms with van der Waals surface area (Å²) in [7, 11) is 3.31. The van der Waals surface area contributed by atoms with Crippen molar-refractivity contribution in [3.8, 4) is 11.5 Å². The predicted molar refractivity (Wildman–Crippen MR) is 97.2 cm³/mol. The quantitative estimate of drug-likeness (QED) is 0.839. The Morgan fingerprint density at radius 3 is 2.44 bits per heavy atom. The molecule has 1 amide bonds. The number of methoxy groups -OCH3 is 2. The molecule has 5 heteroatoms. The Balaban J connectivity index is 1.59. The summed E-state index contributed by atoms with van der Waals surface area (Å²) in [5.41, 5.74) is 1.86. The second-order valence-corrected chi connectivity index (χ2v) is 6.11. The molecule has 0 atom stereocenters. The molecule has 1 aliphatic rings. The van der Waals surface area contributed by atoms with Crippen molar-refractivity contribution in [2.24, 2.45) is 0 Å². The molecule has 0 unspecified atom stereocenters. The lowest BCUT2D eigenvalue weighted by Crippen LogP contribution is -2.48. The van der Waals surface area contributed by atoms with E-state index in [1.54, 1.807) is 20.3 Å². The lowest BCUT2D eigenvalue weighted by molar-refractivity contribution is 0.0627. The first-order valence-corrected chi connectivity index (χ1v) is 8.49. The van der Waals surface area contributed by atoms with Crippen LogP contribution in [0.1, 0.15) is 15.9 Å². The van der Waals surface area contributed by atoms with Crippen LogP contribution in [0.4, 0.5) is 0 Å². The molecule has 132 valence electrons. The van der Waals surface area contributed by atoms with E-state index in [2.05, 4.69) is 11.0 Å². The van der Waals surface area contributed by atoms with E-state index in [0.717, 1.165) is 38.5 Å². The third kappa shape index (κ3) is 4.12. The first kappa shape index (κ1) is 17.3. The van der Waals surface area contributed by atoms with Crippen molar-refractivity contribution in [3.05, 3.63) is 59.7 Å². The first-order valence-electron chi connectivity index (χ1n) is 8.49. The number of nitrogens with zero attached hydrogens (tertiary/aromatic N) is 2. The Morgan fingerprint density at radius 1 is 0.960 bits per heavy atom. The molecule has 2 aromatic rings. The van der Waals surface area contributed by atoms with Gasteiger partial charge in [-0.25, -0.2) is 0 Å². The second kappa shape index (κ2) is 8.03. The van der Waals surface area contributed by atoms with E-state index in [9.17, 15) is 4.79 Å². The number of ether oxygens (including phenoxy) is 2. The fourth-order valence-electron chi connectivity index (χ4n) is 3.12. The normalized spacial score (nSPS) is 15.0. The molecule has 1 fully saturated rings. The summed E-state index contributed by atoms with van der Waals surface area (Å²) >= 11 is 0. The molecule has 1 saturated heterocycles. The second-order valence-electron chi connectivity index (χ2n) is 6.11. The largest absolute Gasteiger partial charge is 0.497 e. The van der Waals surface area contributed by atoms with Gasteiger partial charge in [0.25, 0.3) is 5.91 Å². The SMILES string of the molecule is COc1cccc(C(=O)N2CCN(Cc3ccccc3OC)CC2)c1. The number of rotatable bonds is 5. The number of carbonyl (C=O) groups is 1. The minimum atomic E-state index is 0.0656. The van der Waals surface area contributed by atoms with E-state index in [4.69, 9.17) is 9.47 Å².